The van der Waals surface area contributed by atoms with Gasteiger partial charge in [0.1, 0.15) is 12.4 Å². The average molecular weight is 286 g/mol. The Balaban J connectivity index is 2.25. The van der Waals surface area contributed by atoms with E-state index < -0.39 is 0 Å². The van der Waals surface area contributed by atoms with Crippen LogP contribution in [0.25, 0.3) is 0 Å². The van der Waals surface area contributed by atoms with Crippen LogP contribution in [0.5, 0.6) is 5.75 Å². The molecular formula is C18H22O3. The van der Waals surface area contributed by atoms with Crippen LogP contribution < -0.4 is 4.74 Å². The molecule has 112 valence electrons. The van der Waals surface area contributed by atoms with Crippen LogP contribution in [0.15, 0.2) is 42.5 Å². The predicted molar refractivity (Wildman–Crippen MR) is 83.5 cm³/mol. The minimum absolute atomic E-state index is 0.109. The van der Waals surface area contributed by atoms with E-state index >= 15 is 0 Å². The summed E-state index contributed by atoms with van der Waals surface area (Å²) in [6.45, 7) is 3.17. The van der Waals surface area contributed by atoms with Gasteiger partial charge in [0.2, 0.25) is 0 Å². The van der Waals surface area contributed by atoms with Crippen LogP contribution in [0.2, 0.25) is 0 Å². The van der Waals surface area contributed by atoms with Gasteiger partial charge in [0.15, 0.2) is 0 Å². The number of aliphatic hydroxyl groups excluding tert-OH is 1. The number of ether oxygens (including phenoxy) is 2. The Kier molecular flexibility index (Phi) is 5.78. The molecule has 0 aliphatic carbocycles. The van der Waals surface area contributed by atoms with Crippen LogP contribution in [0.4, 0.5) is 0 Å². The fraction of sp³-hybridized carbons (Fsp3) is 0.333. The van der Waals surface area contributed by atoms with E-state index in [1.165, 1.54) is 0 Å². The van der Waals surface area contributed by atoms with E-state index in [1.807, 2.05) is 37.3 Å². The summed E-state index contributed by atoms with van der Waals surface area (Å²) in [4.78, 5) is 0. The topological polar surface area (TPSA) is 38.7 Å². The van der Waals surface area contributed by atoms with E-state index in [1.54, 1.807) is 7.11 Å². The Morgan fingerprint density at radius 1 is 1.00 bits per heavy atom. The second-order valence-corrected chi connectivity index (χ2v) is 5.09. The Hall–Kier alpha value is -1.84. The first kappa shape index (κ1) is 15.5. The maximum Gasteiger partial charge on any atom is 0.128 e. The van der Waals surface area contributed by atoms with Gasteiger partial charge >= 0.3 is 0 Å². The van der Waals surface area contributed by atoms with Gasteiger partial charge < -0.3 is 14.6 Å². The first-order chi connectivity index (χ1) is 10.2. The van der Waals surface area contributed by atoms with Gasteiger partial charge in [-0.3, -0.25) is 0 Å². The van der Waals surface area contributed by atoms with E-state index in [0.29, 0.717) is 19.6 Å². The number of rotatable bonds is 7. The molecule has 2 rings (SSSR count). The molecule has 0 bridgehead atoms. The zero-order valence-electron chi connectivity index (χ0n) is 12.6. The van der Waals surface area contributed by atoms with E-state index in [0.717, 1.165) is 28.0 Å². The maximum atomic E-state index is 9.25. The number of hydrogen-bond donors (Lipinski definition) is 1. The molecule has 0 amide bonds. The zero-order valence-corrected chi connectivity index (χ0v) is 12.6. The molecule has 0 unspecified atom stereocenters. The zero-order chi connectivity index (χ0) is 15.1. The molecule has 0 saturated carbocycles. The van der Waals surface area contributed by atoms with Crippen LogP contribution in [0.3, 0.4) is 0 Å². The first-order valence-corrected chi connectivity index (χ1v) is 7.13. The highest BCUT2D eigenvalue weighted by atomic mass is 16.5. The van der Waals surface area contributed by atoms with Crippen molar-refractivity contribution in [3.63, 3.8) is 0 Å². The van der Waals surface area contributed by atoms with Gasteiger partial charge in [0.25, 0.3) is 0 Å². The molecular weight excluding hydrogens is 264 g/mol. The largest absolute Gasteiger partial charge is 0.488 e. The summed E-state index contributed by atoms with van der Waals surface area (Å²) in [5.74, 6) is 0.834. The Labute approximate surface area is 126 Å². The van der Waals surface area contributed by atoms with Gasteiger partial charge in [-0.1, -0.05) is 48.0 Å². The Morgan fingerprint density at radius 3 is 2.38 bits per heavy atom. The van der Waals surface area contributed by atoms with Gasteiger partial charge in [0.05, 0.1) is 6.61 Å². The summed E-state index contributed by atoms with van der Waals surface area (Å²) in [5, 5.41) is 9.25. The van der Waals surface area contributed by atoms with E-state index in [9.17, 15) is 5.11 Å². The molecule has 0 heterocycles. The van der Waals surface area contributed by atoms with Crippen molar-refractivity contribution >= 4 is 0 Å². The molecule has 21 heavy (non-hydrogen) atoms. The summed E-state index contributed by atoms with van der Waals surface area (Å²) in [7, 11) is 1.68. The molecule has 0 spiro atoms. The van der Waals surface area contributed by atoms with Crippen molar-refractivity contribution in [1.29, 1.82) is 0 Å². The molecule has 2 aromatic rings. The highest BCUT2D eigenvalue weighted by Crippen LogP contribution is 2.28. The van der Waals surface area contributed by atoms with Gasteiger partial charge in [-0.15, -0.1) is 0 Å². The fourth-order valence-electron chi connectivity index (χ4n) is 2.41. The molecule has 0 aliphatic rings. The van der Waals surface area contributed by atoms with Gasteiger partial charge in [-0.2, -0.15) is 0 Å². The standard InChI is InChI=1S/C18H22O3/c1-14-10-16(8-9-19)18(17(11-14)13-20-2)21-12-15-6-4-3-5-7-15/h3-7,10-11,19H,8-9,12-13H2,1-2H3. The normalized spacial score (nSPS) is 10.6. The number of aryl methyl sites for hydroxylation is 1. The lowest BCUT2D eigenvalue weighted by atomic mass is 10.0. The first-order valence-electron chi connectivity index (χ1n) is 7.13. The smallest absolute Gasteiger partial charge is 0.128 e. The van der Waals surface area contributed by atoms with Crippen molar-refractivity contribution in [2.24, 2.45) is 0 Å². The molecule has 0 aliphatic heterocycles. The molecule has 2 aromatic carbocycles. The molecule has 0 saturated heterocycles. The lowest BCUT2D eigenvalue weighted by molar-refractivity contribution is 0.178. The van der Waals surface area contributed by atoms with Gasteiger partial charge in [-0.25, -0.2) is 0 Å². The predicted octanol–water partition coefficient (Wildman–Crippen LogP) is 3.26. The summed E-state index contributed by atoms with van der Waals surface area (Å²) < 4.78 is 11.3. The number of hydrogen-bond acceptors (Lipinski definition) is 3. The Bertz CT molecular complexity index is 537. The summed E-state index contributed by atoms with van der Waals surface area (Å²) in [5.41, 5.74) is 4.33. The van der Waals surface area contributed by atoms with Crippen molar-refractivity contribution in [1.82, 2.24) is 0 Å². The summed E-state index contributed by atoms with van der Waals surface area (Å²) in [6, 6.07) is 14.2. The quantitative estimate of drug-likeness (QED) is 0.849. The minimum atomic E-state index is 0.109. The lowest BCUT2D eigenvalue weighted by Crippen LogP contribution is -2.05. The maximum absolute atomic E-state index is 9.25. The number of aliphatic hydroxyl groups is 1. The Morgan fingerprint density at radius 2 is 1.71 bits per heavy atom. The van der Waals surface area contributed by atoms with Gasteiger partial charge in [-0.05, 0) is 24.5 Å². The molecule has 0 aromatic heterocycles. The van der Waals surface area contributed by atoms with E-state index in [4.69, 9.17) is 9.47 Å². The molecule has 0 atom stereocenters. The van der Waals surface area contributed by atoms with Crippen molar-refractivity contribution in [2.75, 3.05) is 13.7 Å². The van der Waals surface area contributed by atoms with Crippen molar-refractivity contribution < 1.29 is 14.6 Å². The monoisotopic (exact) mass is 286 g/mol. The molecule has 1 N–H and O–H groups in total. The highest BCUT2D eigenvalue weighted by Gasteiger charge is 2.11. The van der Waals surface area contributed by atoms with Crippen LogP contribution in [-0.4, -0.2) is 18.8 Å². The third kappa shape index (κ3) is 4.31. The van der Waals surface area contributed by atoms with Crippen molar-refractivity contribution in [2.45, 2.75) is 26.6 Å². The second-order valence-electron chi connectivity index (χ2n) is 5.09. The molecule has 0 fully saturated rings. The SMILES string of the molecule is COCc1cc(C)cc(CCO)c1OCc1ccccc1. The van der Waals surface area contributed by atoms with E-state index in [-0.39, 0.29) is 6.61 Å². The summed E-state index contributed by atoms with van der Waals surface area (Å²) >= 11 is 0. The highest BCUT2D eigenvalue weighted by molar-refractivity contribution is 5.44. The fourth-order valence-corrected chi connectivity index (χ4v) is 2.41. The van der Waals surface area contributed by atoms with Crippen LogP contribution in [0.1, 0.15) is 22.3 Å². The molecule has 0 radical (unpaired) electrons. The third-order valence-corrected chi connectivity index (χ3v) is 3.29. The average Bonchev–Trinajstić information content (AvgIpc) is 2.48. The van der Waals surface area contributed by atoms with Crippen LogP contribution >= 0.6 is 0 Å². The number of methoxy groups -OCH3 is 1. The number of benzene rings is 2. The van der Waals surface area contributed by atoms with Crippen molar-refractivity contribution in [3.05, 3.63) is 64.7 Å². The summed E-state index contributed by atoms with van der Waals surface area (Å²) in [6.07, 6.45) is 0.586. The minimum Gasteiger partial charge on any atom is -0.488 e. The van der Waals surface area contributed by atoms with Crippen LogP contribution in [-0.2, 0) is 24.4 Å². The van der Waals surface area contributed by atoms with Crippen molar-refractivity contribution in [3.8, 4) is 5.75 Å². The second kappa shape index (κ2) is 7.81. The van der Waals surface area contributed by atoms with Gasteiger partial charge in [0, 0.05) is 19.3 Å². The van der Waals surface area contributed by atoms with Crippen LogP contribution in [0, 0.1) is 6.92 Å². The van der Waals surface area contributed by atoms with E-state index in [2.05, 4.69) is 12.1 Å². The molecule has 3 nitrogen and oxygen atoms in total. The molecule has 3 heteroatoms. The third-order valence-electron chi connectivity index (χ3n) is 3.29. The lowest BCUT2D eigenvalue weighted by Gasteiger charge is -2.17.